The van der Waals surface area contributed by atoms with Gasteiger partial charge in [0.25, 0.3) is 5.91 Å². The average Bonchev–Trinajstić information content (AvgIpc) is 2.84. The first-order valence-corrected chi connectivity index (χ1v) is 5.56. The van der Waals surface area contributed by atoms with Gasteiger partial charge in [-0.3, -0.25) is 4.79 Å². The van der Waals surface area contributed by atoms with Gasteiger partial charge < -0.3 is 15.4 Å². The highest BCUT2D eigenvalue weighted by atomic mass is 16.6. The zero-order valence-corrected chi connectivity index (χ0v) is 10.4. The minimum absolute atomic E-state index is 0.0207. The van der Waals surface area contributed by atoms with Crippen LogP contribution in [0.1, 0.15) is 21.6 Å². The SMILES string of the molecule is Cc1cccc(NC(=O)c2cc([N+](=O)[O-])[nH]n2)c1C. The van der Waals surface area contributed by atoms with Gasteiger partial charge >= 0.3 is 5.82 Å². The molecule has 0 fully saturated rings. The van der Waals surface area contributed by atoms with Crippen molar-refractivity contribution in [2.75, 3.05) is 5.32 Å². The molecule has 7 heteroatoms. The van der Waals surface area contributed by atoms with Gasteiger partial charge in [0, 0.05) is 5.69 Å². The van der Waals surface area contributed by atoms with Crippen molar-refractivity contribution in [1.82, 2.24) is 10.2 Å². The smallest absolute Gasteiger partial charge is 0.343 e. The van der Waals surface area contributed by atoms with Crippen LogP contribution in [0.3, 0.4) is 0 Å². The Kier molecular flexibility index (Phi) is 3.28. The molecule has 0 atom stereocenters. The van der Waals surface area contributed by atoms with E-state index in [0.717, 1.165) is 17.2 Å². The summed E-state index contributed by atoms with van der Waals surface area (Å²) in [6.45, 7) is 3.82. The number of aromatic nitrogens is 2. The van der Waals surface area contributed by atoms with Gasteiger partial charge in [-0.2, -0.15) is 0 Å². The van der Waals surface area contributed by atoms with Gasteiger partial charge in [-0.25, -0.2) is 0 Å². The molecule has 19 heavy (non-hydrogen) atoms. The van der Waals surface area contributed by atoms with E-state index in [1.54, 1.807) is 6.07 Å². The molecule has 0 aliphatic heterocycles. The van der Waals surface area contributed by atoms with E-state index >= 15 is 0 Å². The predicted molar refractivity (Wildman–Crippen MR) is 69.1 cm³/mol. The summed E-state index contributed by atoms with van der Waals surface area (Å²) in [6, 6.07) is 6.62. The van der Waals surface area contributed by atoms with Gasteiger partial charge in [0.1, 0.15) is 0 Å². The number of anilines is 1. The maximum atomic E-state index is 11.9. The van der Waals surface area contributed by atoms with Crippen molar-refractivity contribution in [3.05, 3.63) is 51.2 Å². The van der Waals surface area contributed by atoms with Crippen LogP contribution in [0.2, 0.25) is 0 Å². The number of aromatic amines is 1. The summed E-state index contributed by atoms with van der Waals surface area (Å²) in [5.74, 6) is -0.802. The Morgan fingerprint density at radius 1 is 1.42 bits per heavy atom. The predicted octanol–water partition coefficient (Wildman–Crippen LogP) is 2.19. The normalized spacial score (nSPS) is 10.2. The third-order valence-electron chi connectivity index (χ3n) is 2.85. The third kappa shape index (κ3) is 2.59. The number of nitro groups is 1. The molecular formula is C12H12N4O3. The fraction of sp³-hybridized carbons (Fsp3) is 0.167. The van der Waals surface area contributed by atoms with Gasteiger partial charge in [0.05, 0.1) is 6.07 Å². The lowest BCUT2D eigenvalue weighted by Crippen LogP contribution is -2.13. The second kappa shape index (κ2) is 4.89. The monoisotopic (exact) mass is 260 g/mol. The van der Waals surface area contributed by atoms with Gasteiger partial charge in [0.2, 0.25) is 0 Å². The van der Waals surface area contributed by atoms with Crippen molar-refractivity contribution >= 4 is 17.4 Å². The molecule has 98 valence electrons. The lowest BCUT2D eigenvalue weighted by Gasteiger charge is -2.08. The van der Waals surface area contributed by atoms with Crippen LogP contribution >= 0.6 is 0 Å². The van der Waals surface area contributed by atoms with Crippen LogP contribution in [0.4, 0.5) is 11.5 Å². The number of carbonyl (C=O) groups is 1. The second-order valence-corrected chi connectivity index (χ2v) is 4.10. The number of rotatable bonds is 3. The van der Waals surface area contributed by atoms with E-state index in [9.17, 15) is 14.9 Å². The summed E-state index contributed by atoms with van der Waals surface area (Å²) in [5.41, 5.74) is 2.63. The number of H-pyrrole nitrogens is 1. The van der Waals surface area contributed by atoms with Crippen LogP contribution in [-0.4, -0.2) is 21.0 Å². The minimum Gasteiger partial charge on any atom is -0.358 e. The summed E-state index contributed by atoms with van der Waals surface area (Å²) < 4.78 is 0. The number of hydrogen-bond acceptors (Lipinski definition) is 4. The Hall–Kier alpha value is -2.70. The molecule has 0 saturated carbocycles. The molecular weight excluding hydrogens is 248 g/mol. The number of nitrogens with one attached hydrogen (secondary N) is 2. The maximum absolute atomic E-state index is 11.9. The number of carbonyl (C=O) groups excluding carboxylic acids is 1. The Morgan fingerprint density at radius 2 is 2.16 bits per heavy atom. The molecule has 1 amide bonds. The molecule has 0 unspecified atom stereocenters. The van der Waals surface area contributed by atoms with Crippen molar-refractivity contribution in [3.8, 4) is 0 Å². The van der Waals surface area contributed by atoms with E-state index in [4.69, 9.17) is 0 Å². The molecule has 0 radical (unpaired) electrons. The Labute approximate surface area is 108 Å². The van der Waals surface area contributed by atoms with E-state index in [2.05, 4.69) is 15.5 Å². The Bertz CT molecular complexity index is 648. The Balaban J connectivity index is 2.21. The topological polar surface area (TPSA) is 101 Å². The Morgan fingerprint density at radius 3 is 2.79 bits per heavy atom. The fourth-order valence-corrected chi connectivity index (χ4v) is 1.59. The summed E-state index contributed by atoms with van der Waals surface area (Å²) in [4.78, 5) is 21.8. The highest BCUT2D eigenvalue weighted by Gasteiger charge is 2.17. The molecule has 0 aliphatic carbocycles. The molecule has 2 rings (SSSR count). The number of nitrogens with zero attached hydrogens (tertiary/aromatic N) is 2. The van der Waals surface area contributed by atoms with Crippen LogP contribution < -0.4 is 5.32 Å². The first-order valence-electron chi connectivity index (χ1n) is 5.56. The third-order valence-corrected chi connectivity index (χ3v) is 2.85. The van der Waals surface area contributed by atoms with Gasteiger partial charge in [-0.15, -0.1) is 5.10 Å². The van der Waals surface area contributed by atoms with Crippen molar-refractivity contribution in [2.24, 2.45) is 0 Å². The van der Waals surface area contributed by atoms with Crippen LogP contribution in [0.15, 0.2) is 24.3 Å². The summed E-state index contributed by atoms with van der Waals surface area (Å²) in [6.07, 6.45) is 0. The van der Waals surface area contributed by atoms with E-state index in [1.165, 1.54) is 0 Å². The zero-order valence-electron chi connectivity index (χ0n) is 10.4. The van der Waals surface area contributed by atoms with E-state index in [0.29, 0.717) is 5.69 Å². The quantitative estimate of drug-likeness (QED) is 0.652. The first-order chi connectivity index (χ1) is 8.99. The molecule has 0 bridgehead atoms. The first kappa shape index (κ1) is 12.7. The average molecular weight is 260 g/mol. The van der Waals surface area contributed by atoms with Gasteiger partial charge in [-0.05, 0) is 36.0 Å². The van der Waals surface area contributed by atoms with E-state index < -0.39 is 10.8 Å². The van der Waals surface area contributed by atoms with E-state index in [-0.39, 0.29) is 11.5 Å². The fourth-order valence-electron chi connectivity index (χ4n) is 1.59. The van der Waals surface area contributed by atoms with Gasteiger partial charge in [0.15, 0.2) is 5.69 Å². The number of aryl methyl sites for hydroxylation is 1. The van der Waals surface area contributed by atoms with Gasteiger partial charge in [-0.1, -0.05) is 17.2 Å². The number of benzene rings is 1. The molecule has 0 aliphatic rings. The molecule has 7 nitrogen and oxygen atoms in total. The van der Waals surface area contributed by atoms with Crippen LogP contribution in [-0.2, 0) is 0 Å². The summed E-state index contributed by atoms with van der Waals surface area (Å²) in [5, 5.41) is 19.0. The molecule has 1 heterocycles. The van der Waals surface area contributed by atoms with Crippen molar-refractivity contribution in [3.63, 3.8) is 0 Å². The summed E-state index contributed by atoms with van der Waals surface area (Å²) in [7, 11) is 0. The zero-order chi connectivity index (χ0) is 14.0. The molecule has 2 aromatic rings. The maximum Gasteiger partial charge on any atom is 0.343 e. The minimum atomic E-state index is -0.637. The summed E-state index contributed by atoms with van der Waals surface area (Å²) >= 11 is 0. The lowest BCUT2D eigenvalue weighted by atomic mass is 10.1. The lowest BCUT2D eigenvalue weighted by molar-refractivity contribution is -0.389. The number of amides is 1. The second-order valence-electron chi connectivity index (χ2n) is 4.10. The molecule has 1 aromatic heterocycles. The van der Waals surface area contributed by atoms with E-state index in [1.807, 2.05) is 26.0 Å². The van der Waals surface area contributed by atoms with Crippen LogP contribution in [0, 0.1) is 24.0 Å². The van der Waals surface area contributed by atoms with Crippen LogP contribution in [0.25, 0.3) is 0 Å². The van der Waals surface area contributed by atoms with Crippen molar-refractivity contribution < 1.29 is 9.72 Å². The highest BCUT2D eigenvalue weighted by Crippen LogP contribution is 2.19. The molecule has 1 aromatic carbocycles. The largest absolute Gasteiger partial charge is 0.358 e. The number of hydrogen-bond donors (Lipinski definition) is 2. The molecule has 2 N–H and O–H groups in total. The highest BCUT2D eigenvalue weighted by molar-refractivity contribution is 6.03. The van der Waals surface area contributed by atoms with Crippen molar-refractivity contribution in [2.45, 2.75) is 13.8 Å². The van der Waals surface area contributed by atoms with Crippen molar-refractivity contribution in [1.29, 1.82) is 0 Å². The molecule has 0 spiro atoms. The standard InChI is InChI=1S/C12H12N4O3/c1-7-4-3-5-9(8(7)2)13-12(17)10-6-11(15-14-10)16(18)19/h3-6H,1-2H3,(H,13,17)(H,14,15). The van der Waals surface area contributed by atoms with Crippen LogP contribution in [0.5, 0.6) is 0 Å². The molecule has 0 saturated heterocycles.